The summed E-state index contributed by atoms with van der Waals surface area (Å²) in [7, 11) is 0. The van der Waals surface area contributed by atoms with E-state index in [1.54, 1.807) is 6.07 Å². The lowest BCUT2D eigenvalue weighted by Gasteiger charge is -2.07. The number of benzene rings is 1. The number of halogens is 1. The molecule has 0 bridgehead atoms. The first-order valence-electron chi connectivity index (χ1n) is 5.59. The Morgan fingerprint density at radius 2 is 2.24 bits per heavy atom. The molecule has 1 rings (SSSR count). The molecule has 0 aliphatic carbocycles. The van der Waals surface area contributed by atoms with Crippen molar-refractivity contribution in [2.45, 2.75) is 26.2 Å². The van der Waals surface area contributed by atoms with Crippen LogP contribution >= 0.6 is 0 Å². The molecular weight excluding hydrogens is 223 g/mol. The van der Waals surface area contributed by atoms with Crippen LogP contribution in [-0.4, -0.2) is 17.6 Å². The Morgan fingerprint density at radius 1 is 1.47 bits per heavy atom. The van der Waals surface area contributed by atoms with Crippen LogP contribution in [0.25, 0.3) is 0 Å². The van der Waals surface area contributed by atoms with Gasteiger partial charge >= 0.3 is 0 Å². The zero-order valence-electron chi connectivity index (χ0n) is 9.82. The predicted molar refractivity (Wildman–Crippen MR) is 63.9 cm³/mol. The number of nitrogens with zero attached hydrogens (tertiary/aromatic N) is 1. The van der Waals surface area contributed by atoms with Crippen LogP contribution in [0.2, 0.25) is 0 Å². The van der Waals surface area contributed by atoms with Gasteiger partial charge in [0.2, 0.25) is 0 Å². The molecule has 0 aliphatic heterocycles. The summed E-state index contributed by atoms with van der Waals surface area (Å²) >= 11 is 0. The molecule has 0 atom stereocenters. The lowest BCUT2D eigenvalue weighted by Crippen LogP contribution is -2.13. The van der Waals surface area contributed by atoms with Crippen molar-refractivity contribution in [1.29, 1.82) is 0 Å². The third kappa shape index (κ3) is 3.94. The highest BCUT2D eigenvalue weighted by Crippen LogP contribution is 2.18. The average molecular weight is 240 g/mol. The van der Waals surface area contributed by atoms with Crippen LogP contribution in [0.5, 0.6) is 5.75 Å². The summed E-state index contributed by atoms with van der Waals surface area (Å²) in [4.78, 5) is 0. The summed E-state index contributed by atoms with van der Waals surface area (Å²) in [5, 5.41) is 11.3. The van der Waals surface area contributed by atoms with Gasteiger partial charge in [-0.3, -0.25) is 0 Å². The van der Waals surface area contributed by atoms with Crippen LogP contribution in [0, 0.1) is 5.82 Å². The number of hydrogen-bond donors (Lipinski definition) is 2. The van der Waals surface area contributed by atoms with E-state index in [2.05, 4.69) is 12.1 Å². The minimum atomic E-state index is -0.509. The maximum Gasteiger partial charge on any atom is 0.170 e. The van der Waals surface area contributed by atoms with Crippen LogP contribution in [0.3, 0.4) is 0 Å². The fourth-order valence-corrected chi connectivity index (χ4v) is 1.37. The normalized spacial score (nSPS) is 11.5. The quantitative estimate of drug-likeness (QED) is 0.264. The highest BCUT2D eigenvalue weighted by molar-refractivity contribution is 5.97. The standard InChI is InChI=1S/C12H17FN2O2/c1-2-3-4-7-17-11-6-5-9(8-10(11)13)12(14)15-16/h5-6,8,16H,2-4,7H2,1H3,(H2,14,15). The Morgan fingerprint density at radius 3 is 2.82 bits per heavy atom. The van der Waals surface area contributed by atoms with E-state index in [0.29, 0.717) is 12.2 Å². The van der Waals surface area contributed by atoms with Crippen molar-refractivity contribution in [1.82, 2.24) is 0 Å². The van der Waals surface area contributed by atoms with E-state index in [0.717, 1.165) is 19.3 Å². The summed E-state index contributed by atoms with van der Waals surface area (Å²) in [5.74, 6) is -0.442. The second-order valence-corrected chi connectivity index (χ2v) is 3.69. The number of rotatable bonds is 6. The molecule has 0 aromatic heterocycles. The van der Waals surface area contributed by atoms with E-state index in [1.807, 2.05) is 0 Å². The molecule has 0 spiro atoms. The molecule has 0 saturated heterocycles. The third-order valence-electron chi connectivity index (χ3n) is 2.34. The van der Waals surface area contributed by atoms with E-state index < -0.39 is 5.82 Å². The summed E-state index contributed by atoms with van der Waals surface area (Å²) in [6, 6.07) is 4.21. The number of unbranched alkanes of at least 4 members (excludes halogenated alkanes) is 2. The molecular formula is C12H17FN2O2. The van der Waals surface area contributed by atoms with Gasteiger partial charge in [0.25, 0.3) is 0 Å². The fraction of sp³-hybridized carbons (Fsp3) is 0.417. The lowest BCUT2D eigenvalue weighted by molar-refractivity contribution is 0.291. The van der Waals surface area contributed by atoms with Crippen molar-refractivity contribution in [2.24, 2.45) is 10.9 Å². The molecule has 1 aromatic rings. The summed E-state index contributed by atoms with van der Waals surface area (Å²) < 4.78 is 18.8. The molecule has 0 radical (unpaired) electrons. The molecule has 5 heteroatoms. The number of amidine groups is 1. The number of oxime groups is 1. The highest BCUT2D eigenvalue weighted by atomic mass is 19.1. The second-order valence-electron chi connectivity index (χ2n) is 3.69. The first-order valence-corrected chi connectivity index (χ1v) is 5.59. The first kappa shape index (κ1) is 13.3. The Kier molecular flexibility index (Phi) is 5.26. The van der Waals surface area contributed by atoms with Gasteiger partial charge in [-0.15, -0.1) is 0 Å². The number of nitrogens with two attached hydrogens (primary N) is 1. The van der Waals surface area contributed by atoms with Crippen molar-refractivity contribution in [2.75, 3.05) is 6.61 Å². The monoisotopic (exact) mass is 240 g/mol. The molecule has 1 aromatic carbocycles. The topological polar surface area (TPSA) is 67.8 Å². The summed E-state index contributed by atoms with van der Waals surface area (Å²) in [5.41, 5.74) is 5.67. The molecule has 0 heterocycles. The highest BCUT2D eigenvalue weighted by Gasteiger charge is 2.07. The summed E-state index contributed by atoms with van der Waals surface area (Å²) in [6.07, 6.45) is 3.05. The Bertz CT molecular complexity index is 394. The third-order valence-corrected chi connectivity index (χ3v) is 2.34. The Hall–Kier alpha value is -1.78. The molecule has 94 valence electrons. The van der Waals surface area contributed by atoms with E-state index in [-0.39, 0.29) is 11.6 Å². The largest absolute Gasteiger partial charge is 0.491 e. The van der Waals surface area contributed by atoms with Gasteiger partial charge in [0.1, 0.15) is 0 Å². The smallest absolute Gasteiger partial charge is 0.170 e. The van der Waals surface area contributed by atoms with Crippen molar-refractivity contribution < 1.29 is 14.3 Å². The molecule has 0 aliphatic rings. The van der Waals surface area contributed by atoms with Gasteiger partial charge < -0.3 is 15.7 Å². The van der Waals surface area contributed by atoms with Gasteiger partial charge in [-0.1, -0.05) is 24.9 Å². The molecule has 0 saturated carbocycles. The SMILES string of the molecule is CCCCCOc1ccc(/C(N)=N/O)cc1F. The Labute approximate surface area is 99.9 Å². The van der Waals surface area contributed by atoms with Gasteiger partial charge in [0.15, 0.2) is 17.4 Å². The predicted octanol–water partition coefficient (Wildman–Crippen LogP) is 2.49. The molecule has 0 fully saturated rings. The van der Waals surface area contributed by atoms with Gasteiger partial charge in [-0.2, -0.15) is 0 Å². The van der Waals surface area contributed by atoms with Crippen molar-refractivity contribution in [3.8, 4) is 5.75 Å². The van der Waals surface area contributed by atoms with Gasteiger partial charge in [0, 0.05) is 5.56 Å². The molecule has 17 heavy (non-hydrogen) atoms. The molecule has 3 N–H and O–H groups in total. The van der Waals surface area contributed by atoms with Gasteiger partial charge in [0.05, 0.1) is 6.61 Å². The van der Waals surface area contributed by atoms with E-state index in [1.165, 1.54) is 12.1 Å². The molecule has 0 amide bonds. The van der Waals surface area contributed by atoms with E-state index in [9.17, 15) is 4.39 Å². The van der Waals surface area contributed by atoms with E-state index in [4.69, 9.17) is 15.7 Å². The van der Waals surface area contributed by atoms with Crippen LogP contribution in [0.1, 0.15) is 31.7 Å². The van der Waals surface area contributed by atoms with Crippen LogP contribution in [0.15, 0.2) is 23.4 Å². The average Bonchev–Trinajstić information content (AvgIpc) is 2.35. The molecule has 0 unspecified atom stereocenters. The van der Waals surface area contributed by atoms with Crippen LogP contribution in [-0.2, 0) is 0 Å². The summed E-state index contributed by atoms with van der Waals surface area (Å²) in [6.45, 7) is 2.58. The van der Waals surface area contributed by atoms with Gasteiger partial charge in [-0.25, -0.2) is 4.39 Å². The minimum Gasteiger partial charge on any atom is -0.491 e. The maximum absolute atomic E-state index is 13.5. The maximum atomic E-state index is 13.5. The second kappa shape index (κ2) is 6.73. The molecule has 4 nitrogen and oxygen atoms in total. The minimum absolute atomic E-state index is 0.124. The van der Waals surface area contributed by atoms with Crippen LogP contribution in [0.4, 0.5) is 4.39 Å². The zero-order valence-corrected chi connectivity index (χ0v) is 9.82. The lowest BCUT2D eigenvalue weighted by atomic mass is 10.2. The van der Waals surface area contributed by atoms with Crippen molar-refractivity contribution >= 4 is 5.84 Å². The first-order chi connectivity index (χ1) is 8.19. The number of ether oxygens (including phenoxy) is 1. The Balaban J connectivity index is 2.63. The van der Waals surface area contributed by atoms with Gasteiger partial charge in [-0.05, 0) is 24.6 Å². The van der Waals surface area contributed by atoms with E-state index >= 15 is 0 Å². The fourth-order valence-electron chi connectivity index (χ4n) is 1.37. The van der Waals surface area contributed by atoms with Crippen LogP contribution < -0.4 is 10.5 Å². The van der Waals surface area contributed by atoms with Crippen molar-refractivity contribution in [3.05, 3.63) is 29.6 Å². The zero-order chi connectivity index (χ0) is 12.7. The number of hydrogen-bond acceptors (Lipinski definition) is 3. The van der Waals surface area contributed by atoms with Crippen molar-refractivity contribution in [3.63, 3.8) is 0 Å².